The molecule has 0 aliphatic carbocycles. The Morgan fingerprint density at radius 2 is 2.22 bits per heavy atom. The second kappa shape index (κ2) is 4.64. The number of hydrogen-bond donors (Lipinski definition) is 1. The summed E-state index contributed by atoms with van der Waals surface area (Å²) in [5.41, 5.74) is 1.59. The Morgan fingerprint density at radius 1 is 1.50 bits per heavy atom. The predicted octanol–water partition coefficient (Wildman–Crippen LogP) is 1.51. The van der Waals surface area contributed by atoms with Gasteiger partial charge in [0.2, 0.25) is 0 Å². The summed E-state index contributed by atoms with van der Waals surface area (Å²) < 4.78 is 1.64. The highest BCUT2D eigenvalue weighted by atomic mass is 16.4. The van der Waals surface area contributed by atoms with Crippen molar-refractivity contribution < 1.29 is 9.90 Å². The topological polar surface area (TPSA) is 71.2 Å². The summed E-state index contributed by atoms with van der Waals surface area (Å²) in [7, 11) is 3.68. The van der Waals surface area contributed by atoms with Crippen LogP contribution in [-0.2, 0) is 7.05 Å². The van der Waals surface area contributed by atoms with E-state index < -0.39 is 5.97 Å². The second-order valence-corrected chi connectivity index (χ2v) is 4.25. The first-order valence-electron chi connectivity index (χ1n) is 5.81. The molecule has 0 spiro atoms. The molecule has 6 nitrogen and oxygen atoms in total. The van der Waals surface area contributed by atoms with Crippen molar-refractivity contribution >= 4 is 22.7 Å². The normalized spacial score (nSPS) is 10.8. The minimum absolute atomic E-state index is 0.214. The molecule has 0 atom stereocenters. The third-order valence-corrected chi connectivity index (χ3v) is 2.90. The highest BCUT2D eigenvalue weighted by Gasteiger charge is 2.19. The number of aromatic nitrogens is 3. The van der Waals surface area contributed by atoms with Gasteiger partial charge in [0.1, 0.15) is 5.56 Å². The fraction of sp³-hybridized carbons (Fsp3) is 0.417. The summed E-state index contributed by atoms with van der Waals surface area (Å²) in [6.45, 7) is 2.84. The number of anilines is 1. The van der Waals surface area contributed by atoms with Crippen molar-refractivity contribution in [1.82, 2.24) is 14.8 Å². The van der Waals surface area contributed by atoms with E-state index >= 15 is 0 Å². The Balaban J connectivity index is 2.70. The summed E-state index contributed by atoms with van der Waals surface area (Å²) in [5.74, 6) is -0.966. The predicted molar refractivity (Wildman–Crippen MR) is 69.0 cm³/mol. The molecule has 0 saturated heterocycles. The third kappa shape index (κ3) is 1.90. The van der Waals surface area contributed by atoms with Crippen LogP contribution in [0, 0.1) is 0 Å². The number of nitrogens with zero attached hydrogens (tertiary/aromatic N) is 4. The lowest BCUT2D eigenvalue weighted by molar-refractivity contribution is 0.0697. The number of carbonyl (C=O) groups is 1. The summed E-state index contributed by atoms with van der Waals surface area (Å²) in [4.78, 5) is 17.4. The number of carboxylic acids is 1. The van der Waals surface area contributed by atoms with Crippen molar-refractivity contribution in [3.05, 3.63) is 18.0 Å². The van der Waals surface area contributed by atoms with Gasteiger partial charge in [0.15, 0.2) is 5.65 Å². The van der Waals surface area contributed by atoms with Crippen LogP contribution in [0.3, 0.4) is 0 Å². The van der Waals surface area contributed by atoms with E-state index in [1.54, 1.807) is 17.9 Å². The number of fused-ring (bicyclic) bond motifs is 1. The minimum Gasteiger partial charge on any atom is -0.478 e. The molecule has 0 saturated carbocycles. The summed E-state index contributed by atoms with van der Waals surface area (Å²) in [6.07, 6.45) is 4.00. The van der Waals surface area contributed by atoms with E-state index in [-0.39, 0.29) is 5.56 Å². The highest BCUT2D eigenvalue weighted by molar-refractivity contribution is 6.03. The molecule has 0 radical (unpaired) electrons. The lowest BCUT2D eigenvalue weighted by Crippen LogP contribution is -2.21. The van der Waals surface area contributed by atoms with E-state index in [9.17, 15) is 9.90 Å². The molecule has 0 fully saturated rings. The molecule has 2 aromatic heterocycles. The number of carboxylic acid groups (broad SMARTS) is 1. The van der Waals surface area contributed by atoms with Gasteiger partial charge in [-0.25, -0.2) is 9.78 Å². The number of aromatic carboxylic acids is 1. The van der Waals surface area contributed by atoms with Crippen LogP contribution in [0.4, 0.5) is 5.69 Å². The van der Waals surface area contributed by atoms with Gasteiger partial charge in [-0.1, -0.05) is 6.92 Å². The number of rotatable bonds is 4. The van der Waals surface area contributed by atoms with E-state index in [1.165, 1.54) is 6.20 Å². The quantitative estimate of drug-likeness (QED) is 0.888. The maximum Gasteiger partial charge on any atom is 0.339 e. The molecule has 2 rings (SSSR count). The SMILES string of the molecule is CCCN(C)c1c(C(=O)O)cnc2c1cnn2C. The maximum atomic E-state index is 11.3. The standard InChI is InChI=1S/C12H16N4O2/c1-4-5-15(2)10-8-7-14-16(3)11(8)13-6-9(10)12(17)18/h6-7H,4-5H2,1-3H3,(H,17,18). The molecule has 0 unspecified atom stereocenters. The van der Waals surface area contributed by atoms with Crippen molar-refractivity contribution in [3.63, 3.8) is 0 Å². The molecular weight excluding hydrogens is 232 g/mol. The average Bonchev–Trinajstić information content (AvgIpc) is 2.70. The van der Waals surface area contributed by atoms with Gasteiger partial charge in [-0.2, -0.15) is 5.10 Å². The monoisotopic (exact) mass is 248 g/mol. The summed E-state index contributed by atoms with van der Waals surface area (Å²) in [6, 6.07) is 0. The molecule has 2 aromatic rings. The second-order valence-electron chi connectivity index (χ2n) is 4.25. The van der Waals surface area contributed by atoms with Gasteiger partial charge in [-0.3, -0.25) is 4.68 Å². The lowest BCUT2D eigenvalue weighted by atomic mass is 10.1. The maximum absolute atomic E-state index is 11.3. The van der Waals surface area contributed by atoms with Gasteiger partial charge >= 0.3 is 5.97 Å². The molecule has 96 valence electrons. The molecule has 0 aliphatic heterocycles. The van der Waals surface area contributed by atoms with Crippen molar-refractivity contribution in [3.8, 4) is 0 Å². The fourth-order valence-corrected chi connectivity index (χ4v) is 2.10. The number of aryl methyl sites for hydroxylation is 1. The van der Waals surface area contributed by atoms with Gasteiger partial charge in [0, 0.05) is 26.8 Å². The van der Waals surface area contributed by atoms with E-state index in [1.807, 2.05) is 11.9 Å². The zero-order valence-corrected chi connectivity index (χ0v) is 10.7. The van der Waals surface area contributed by atoms with E-state index in [2.05, 4.69) is 17.0 Å². The van der Waals surface area contributed by atoms with Crippen LogP contribution in [-0.4, -0.2) is 39.4 Å². The Hall–Kier alpha value is -2.11. The smallest absolute Gasteiger partial charge is 0.339 e. The minimum atomic E-state index is -0.966. The largest absolute Gasteiger partial charge is 0.478 e. The summed E-state index contributed by atoms with van der Waals surface area (Å²) in [5, 5.41) is 14.2. The van der Waals surface area contributed by atoms with Crippen LogP contribution >= 0.6 is 0 Å². The van der Waals surface area contributed by atoms with Crippen molar-refractivity contribution in [2.45, 2.75) is 13.3 Å². The van der Waals surface area contributed by atoms with Gasteiger partial charge in [0.05, 0.1) is 17.3 Å². The molecular formula is C12H16N4O2. The van der Waals surface area contributed by atoms with Crippen LogP contribution < -0.4 is 4.90 Å². The zero-order chi connectivity index (χ0) is 13.3. The summed E-state index contributed by atoms with van der Waals surface area (Å²) >= 11 is 0. The average molecular weight is 248 g/mol. The van der Waals surface area contributed by atoms with E-state index in [4.69, 9.17) is 0 Å². The Kier molecular flexibility index (Phi) is 3.18. The first-order valence-corrected chi connectivity index (χ1v) is 5.81. The molecule has 6 heteroatoms. The van der Waals surface area contributed by atoms with Crippen molar-refractivity contribution in [1.29, 1.82) is 0 Å². The molecule has 0 amide bonds. The first kappa shape index (κ1) is 12.3. The molecule has 2 heterocycles. The first-order chi connectivity index (χ1) is 8.56. The third-order valence-electron chi connectivity index (χ3n) is 2.90. The zero-order valence-electron chi connectivity index (χ0n) is 10.7. The van der Waals surface area contributed by atoms with Gasteiger partial charge in [-0.15, -0.1) is 0 Å². The number of pyridine rings is 1. The highest BCUT2D eigenvalue weighted by Crippen LogP contribution is 2.28. The number of hydrogen-bond acceptors (Lipinski definition) is 4. The van der Waals surface area contributed by atoms with Gasteiger partial charge in [-0.05, 0) is 6.42 Å². The Labute approximate surface area is 105 Å². The molecule has 0 aliphatic rings. The van der Waals surface area contributed by atoms with Crippen molar-refractivity contribution in [2.24, 2.45) is 7.05 Å². The van der Waals surface area contributed by atoms with Crippen LogP contribution in [0.5, 0.6) is 0 Å². The van der Waals surface area contributed by atoms with Crippen LogP contribution in [0.2, 0.25) is 0 Å². The van der Waals surface area contributed by atoms with Gasteiger partial charge in [0.25, 0.3) is 0 Å². The fourth-order valence-electron chi connectivity index (χ4n) is 2.10. The van der Waals surface area contributed by atoms with E-state index in [0.717, 1.165) is 18.4 Å². The molecule has 18 heavy (non-hydrogen) atoms. The molecule has 1 N–H and O–H groups in total. The van der Waals surface area contributed by atoms with Crippen molar-refractivity contribution in [2.75, 3.05) is 18.5 Å². The van der Waals surface area contributed by atoms with Crippen LogP contribution in [0.25, 0.3) is 11.0 Å². The Bertz CT molecular complexity index is 591. The molecule has 0 aromatic carbocycles. The van der Waals surface area contributed by atoms with Crippen LogP contribution in [0.15, 0.2) is 12.4 Å². The molecule has 0 bridgehead atoms. The lowest BCUT2D eigenvalue weighted by Gasteiger charge is -2.21. The Morgan fingerprint density at radius 3 is 2.83 bits per heavy atom. The van der Waals surface area contributed by atoms with Crippen LogP contribution in [0.1, 0.15) is 23.7 Å². The van der Waals surface area contributed by atoms with Gasteiger partial charge < -0.3 is 10.0 Å². The van der Waals surface area contributed by atoms with E-state index in [0.29, 0.717) is 11.3 Å².